The monoisotopic (exact) mass is 443 g/mol. The maximum absolute atomic E-state index is 13.5. The lowest BCUT2D eigenvalue weighted by Crippen LogP contribution is -2.55. The van der Waals surface area contributed by atoms with Gasteiger partial charge in [0.15, 0.2) is 0 Å². The van der Waals surface area contributed by atoms with Crippen molar-refractivity contribution in [1.29, 1.82) is 0 Å². The molecule has 2 aromatic heterocycles. The molecule has 1 fully saturated rings. The fourth-order valence-corrected chi connectivity index (χ4v) is 4.50. The first-order valence-corrected chi connectivity index (χ1v) is 11.3. The number of nitrogens with zero attached hydrogens (tertiary/aromatic N) is 4. The predicted octanol–water partition coefficient (Wildman–Crippen LogP) is 3.53. The van der Waals surface area contributed by atoms with Gasteiger partial charge in [-0.15, -0.1) is 0 Å². The quantitative estimate of drug-likeness (QED) is 0.630. The number of carbonyl (C=O) groups is 2. The van der Waals surface area contributed by atoms with Gasteiger partial charge in [0.25, 0.3) is 5.91 Å². The lowest BCUT2D eigenvalue weighted by atomic mass is 9.73. The number of pyridine rings is 1. The van der Waals surface area contributed by atoms with E-state index in [2.05, 4.69) is 38.5 Å². The van der Waals surface area contributed by atoms with Crippen LogP contribution < -0.4 is 5.32 Å². The molecule has 7 nitrogen and oxygen atoms in total. The van der Waals surface area contributed by atoms with E-state index in [1.165, 1.54) is 12.4 Å². The summed E-state index contributed by atoms with van der Waals surface area (Å²) in [7, 11) is 0. The number of hydrogen-bond acceptors (Lipinski definition) is 5. The minimum Gasteiger partial charge on any atom is -0.353 e. The van der Waals surface area contributed by atoms with Gasteiger partial charge in [-0.05, 0) is 61.9 Å². The Morgan fingerprint density at radius 2 is 1.88 bits per heavy atom. The van der Waals surface area contributed by atoms with Crippen LogP contribution in [0.1, 0.15) is 42.7 Å². The number of hydrogen-bond donors (Lipinski definition) is 1. The summed E-state index contributed by atoms with van der Waals surface area (Å²) in [5.74, 6) is -0.196. The van der Waals surface area contributed by atoms with Gasteiger partial charge < -0.3 is 10.2 Å². The van der Waals surface area contributed by atoms with E-state index in [0.29, 0.717) is 25.2 Å². The van der Waals surface area contributed by atoms with Crippen LogP contribution in [0, 0.1) is 5.41 Å². The molecule has 33 heavy (non-hydrogen) atoms. The van der Waals surface area contributed by atoms with E-state index < -0.39 is 5.41 Å². The Balaban J connectivity index is 1.64. The molecule has 3 heterocycles. The van der Waals surface area contributed by atoms with Crippen molar-refractivity contribution in [2.24, 2.45) is 5.41 Å². The van der Waals surface area contributed by atoms with Gasteiger partial charge in [0.05, 0.1) is 11.6 Å². The van der Waals surface area contributed by atoms with Gasteiger partial charge >= 0.3 is 0 Å². The number of aromatic nitrogens is 3. The van der Waals surface area contributed by atoms with Crippen molar-refractivity contribution in [3.63, 3.8) is 0 Å². The summed E-state index contributed by atoms with van der Waals surface area (Å²) in [6.07, 6.45) is 10.1. The zero-order valence-corrected chi connectivity index (χ0v) is 19.1. The zero-order chi connectivity index (χ0) is 23.3. The number of rotatable bonds is 6. The second kappa shape index (κ2) is 9.90. The summed E-state index contributed by atoms with van der Waals surface area (Å²) < 4.78 is 0. The standard InChI is InChI=1S/C26H29N5O2/c1-19(2)30-25(33)26(9-4-14-31(18-26)24(32)23-17-28-12-13-29-23)16-20-5-3-6-22(15-20)21-7-10-27-11-8-21/h3,5-8,10-13,15,17,19H,4,9,14,16,18H2,1-2H3,(H,30,33)/t26-/m0/s1. The highest BCUT2D eigenvalue weighted by Gasteiger charge is 2.44. The van der Waals surface area contributed by atoms with Gasteiger partial charge in [-0.1, -0.05) is 24.3 Å². The molecule has 1 aromatic carbocycles. The summed E-state index contributed by atoms with van der Waals surface area (Å²) in [4.78, 5) is 40.7. The highest BCUT2D eigenvalue weighted by atomic mass is 16.2. The summed E-state index contributed by atoms with van der Waals surface area (Å²) in [5.41, 5.74) is 2.82. The second-order valence-corrected chi connectivity index (χ2v) is 8.94. The molecule has 1 saturated heterocycles. The molecule has 1 N–H and O–H groups in total. The number of amides is 2. The molecule has 170 valence electrons. The molecule has 3 aromatic rings. The topological polar surface area (TPSA) is 88.1 Å². The Bertz CT molecular complexity index is 1100. The number of piperidine rings is 1. The molecular formula is C26H29N5O2. The molecule has 7 heteroatoms. The van der Waals surface area contributed by atoms with E-state index in [4.69, 9.17) is 0 Å². The predicted molar refractivity (Wildman–Crippen MR) is 126 cm³/mol. The Kier molecular flexibility index (Phi) is 6.77. The fourth-order valence-electron chi connectivity index (χ4n) is 4.50. The first kappa shape index (κ1) is 22.6. The van der Waals surface area contributed by atoms with E-state index in [-0.39, 0.29) is 17.9 Å². The SMILES string of the molecule is CC(C)NC(=O)[C@]1(Cc2cccc(-c3ccncc3)c2)CCCN(C(=O)c2cnccn2)C1. The summed E-state index contributed by atoms with van der Waals surface area (Å²) in [6, 6.07) is 12.2. The molecule has 0 saturated carbocycles. The maximum Gasteiger partial charge on any atom is 0.274 e. The van der Waals surface area contributed by atoms with Crippen molar-refractivity contribution >= 4 is 11.8 Å². The van der Waals surface area contributed by atoms with Crippen molar-refractivity contribution in [2.75, 3.05) is 13.1 Å². The van der Waals surface area contributed by atoms with Crippen molar-refractivity contribution in [2.45, 2.75) is 39.2 Å². The molecule has 4 rings (SSSR count). The summed E-state index contributed by atoms with van der Waals surface area (Å²) >= 11 is 0. The smallest absolute Gasteiger partial charge is 0.274 e. The number of likely N-dealkylation sites (tertiary alicyclic amines) is 1. The van der Waals surface area contributed by atoms with Gasteiger partial charge in [-0.25, -0.2) is 4.98 Å². The Morgan fingerprint density at radius 1 is 1.06 bits per heavy atom. The van der Waals surface area contributed by atoms with E-state index in [0.717, 1.165) is 29.5 Å². The Labute approximate surface area is 194 Å². The van der Waals surface area contributed by atoms with Crippen molar-refractivity contribution in [1.82, 2.24) is 25.2 Å². The molecule has 1 aliphatic rings. The van der Waals surface area contributed by atoms with E-state index in [9.17, 15) is 9.59 Å². The average Bonchev–Trinajstić information content (AvgIpc) is 2.84. The number of nitrogens with one attached hydrogen (secondary N) is 1. The van der Waals surface area contributed by atoms with Crippen LogP contribution in [0.15, 0.2) is 67.4 Å². The minimum atomic E-state index is -0.711. The average molecular weight is 444 g/mol. The third-order valence-corrected chi connectivity index (χ3v) is 6.03. The van der Waals surface area contributed by atoms with Gasteiger partial charge in [0.1, 0.15) is 5.69 Å². The molecular weight excluding hydrogens is 414 g/mol. The molecule has 1 aliphatic heterocycles. The van der Waals surface area contributed by atoms with Crippen molar-refractivity contribution < 1.29 is 9.59 Å². The normalized spacial score (nSPS) is 18.2. The van der Waals surface area contributed by atoms with Gasteiger partial charge in [-0.3, -0.25) is 19.6 Å². The lowest BCUT2D eigenvalue weighted by molar-refractivity contribution is -0.134. The molecule has 0 unspecified atom stereocenters. The minimum absolute atomic E-state index is 0.0107. The molecule has 0 aliphatic carbocycles. The third-order valence-electron chi connectivity index (χ3n) is 6.03. The maximum atomic E-state index is 13.5. The van der Waals surface area contributed by atoms with Gasteiger partial charge in [-0.2, -0.15) is 0 Å². The molecule has 2 amide bonds. The first-order chi connectivity index (χ1) is 16.0. The first-order valence-electron chi connectivity index (χ1n) is 11.3. The zero-order valence-electron chi connectivity index (χ0n) is 19.1. The highest BCUT2D eigenvalue weighted by Crippen LogP contribution is 2.36. The molecule has 0 spiro atoms. The Hall–Kier alpha value is -3.61. The van der Waals surface area contributed by atoms with E-state index in [1.54, 1.807) is 23.5 Å². The third kappa shape index (κ3) is 5.25. The van der Waals surface area contributed by atoms with Gasteiger partial charge in [0, 0.05) is 43.9 Å². The summed E-state index contributed by atoms with van der Waals surface area (Å²) in [6.45, 7) is 4.87. The van der Waals surface area contributed by atoms with E-state index in [1.807, 2.05) is 32.0 Å². The Morgan fingerprint density at radius 3 is 2.61 bits per heavy atom. The number of carbonyl (C=O) groups excluding carboxylic acids is 2. The highest BCUT2D eigenvalue weighted by molar-refractivity contribution is 5.93. The van der Waals surface area contributed by atoms with Crippen molar-refractivity contribution in [3.8, 4) is 11.1 Å². The van der Waals surface area contributed by atoms with E-state index >= 15 is 0 Å². The van der Waals surface area contributed by atoms with Crippen LogP contribution in [-0.2, 0) is 11.2 Å². The lowest BCUT2D eigenvalue weighted by Gasteiger charge is -2.42. The molecule has 1 atom stereocenters. The largest absolute Gasteiger partial charge is 0.353 e. The molecule has 0 radical (unpaired) electrons. The van der Waals surface area contributed by atoms with Crippen LogP contribution in [0.25, 0.3) is 11.1 Å². The van der Waals surface area contributed by atoms with Crippen LogP contribution in [0.5, 0.6) is 0 Å². The fraction of sp³-hybridized carbons (Fsp3) is 0.346. The summed E-state index contributed by atoms with van der Waals surface area (Å²) in [5, 5.41) is 3.11. The van der Waals surface area contributed by atoms with Crippen LogP contribution in [0.4, 0.5) is 0 Å². The number of benzene rings is 1. The van der Waals surface area contributed by atoms with Crippen LogP contribution in [0.3, 0.4) is 0 Å². The second-order valence-electron chi connectivity index (χ2n) is 8.94. The van der Waals surface area contributed by atoms with Crippen LogP contribution >= 0.6 is 0 Å². The molecule has 0 bridgehead atoms. The van der Waals surface area contributed by atoms with Crippen molar-refractivity contribution in [3.05, 3.63) is 78.6 Å². The van der Waals surface area contributed by atoms with Gasteiger partial charge in [0.2, 0.25) is 5.91 Å². The van der Waals surface area contributed by atoms with Crippen LogP contribution in [-0.4, -0.2) is 50.8 Å². The van der Waals surface area contributed by atoms with Crippen LogP contribution in [0.2, 0.25) is 0 Å².